The van der Waals surface area contributed by atoms with Crippen LogP contribution in [0.3, 0.4) is 0 Å². The van der Waals surface area contributed by atoms with Crippen LogP contribution in [0.4, 0.5) is 0 Å². The molecule has 1 heterocycles. The molecule has 1 aliphatic heterocycles. The molecule has 92 valence electrons. The van der Waals surface area contributed by atoms with Gasteiger partial charge < -0.3 is 15.1 Å². The Hall–Kier alpha value is -1.10. The highest BCUT2D eigenvalue weighted by Gasteiger charge is 2.21. The van der Waals surface area contributed by atoms with Crippen molar-refractivity contribution in [1.29, 1.82) is 0 Å². The molecule has 0 bridgehead atoms. The molecule has 1 rings (SSSR count). The molecule has 0 spiro atoms. The number of hydrogen-bond donors (Lipinski definition) is 1. The van der Waals surface area contributed by atoms with Gasteiger partial charge in [-0.3, -0.25) is 9.59 Å². The van der Waals surface area contributed by atoms with E-state index in [1.165, 1.54) is 0 Å². The molecule has 1 saturated heterocycles. The van der Waals surface area contributed by atoms with Crippen LogP contribution in [0.25, 0.3) is 0 Å². The maximum absolute atomic E-state index is 11.7. The first-order valence-corrected chi connectivity index (χ1v) is 5.89. The van der Waals surface area contributed by atoms with E-state index in [1.807, 2.05) is 4.90 Å². The summed E-state index contributed by atoms with van der Waals surface area (Å²) in [5.74, 6) is 0.229. The summed E-state index contributed by atoms with van der Waals surface area (Å²) in [4.78, 5) is 26.4. The zero-order valence-corrected chi connectivity index (χ0v) is 10.2. The van der Waals surface area contributed by atoms with Crippen molar-refractivity contribution in [1.82, 2.24) is 15.1 Å². The van der Waals surface area contributed by atoms with E-state index in [-0.39, 0.29) is 11.8 Å². The number of hydrogen-bond acceptors (Lipinski definition) is 3. The summed E-state index contributed by atoms with van der Waals surface area (Å²) in [6.07, 6.45) is 1.03. The Labute approximate surface area is 96.8 Å². The molecule has 0 aromatic rings. The molecule has 2 amide bonds. The fourth-order valence-corrected chi connectivity index (χ4v) is 1.75. The number of rotatable bonds is 4. The van der Waals surface area contributed by atoms with Gasteiger partial charge in [0.15, 0.2) is 0 Å². The van der Waals surface area contributed by atoms with Gasteiger partial charge in [-0.2, -0.15) is 0 Å². The number of carbonyl (C=O) groups excluding carboxylic acids is 2. The Morgan fingerprint density at radius 1 is 1.12 bits per heavy atom. The van der Waals surface area contributed by atoms with Crippen LogP contribution in [0.1, 0.15) is 20.3 Å². The second kappa shape index (κ2) is 6.48. The van der Waals surface area contributed by atoms with E-state index in [0.717, 1.165) is 13.0 Å². The molecule has 0 radical (unpaired) electrons. The molecule has 0 aliphatic carbocycles. The predicted octanol–water partition coefficient (Wildman–Crippen LogP) is -0.323. The largest absolute Gasteiger partial charge is 0.339 e. The molecule has 16 heavy (non-hydrogen) atoms. The minimum absolute atomic E-state index is 0.0937. The summed E-state index contributed by atoms with van der Waals surface area (Å²) in [5, 5.41) is 3.09. The van der Waals surface area contributed by atoms with E-state index in [2.05, 4.69) is 12.2 Å². The van der Waals surface area contributed by atoms with Gasteiger partial charge in [-0.25, -0.2) is 0 Å². The summed E-state index contributed by atoms with van der Waals surface area (Å²) >= 11 is 0. The Morgan fingerprint density at radius 3 is 2.19 bits per heavy atom. The molecule has 0 atom stereocenters. The minimum atomic E-state index is 0.0937. The van der Waals surface area contributed by atoms with E-state index in [1.54, 1.807) is 11.8 Å². The number of nitrogens with one attached hydrogen (secondary N) is 1. The van der Waals surface area contributed by atoms with Crippen LogP contribution >= 0.6 is 0 Å². The Balaban J connectivity index is 2.25. The standard InChI is InChI=1S/C11H21N3O2/c1-3-4-12-9-11(16)14-7-5-13(6-8-14)10(2)15/h12H,3-9H2,1-2H3. The molecule has 5 nitrogen and oxygen atoms in total. The molecular weight excluding hydrogens is 206 g/mol. The lowest BCUT2D eigenvalue weighted by Gasteiger charge is -2.34. The van der Waals surface area contributed by atoms with Crippen LogP contribution in [0.5, 0.6) is 0 Å². The molecular formula is C11H21N3O2. The molecule has 1 fully saturated rings. The van der Waals surface area contributed by atoms with Gasteiger partial charge in [0.2, 0.25) is 11.8 Å². The second-order valence-electron chi connectivity index (χ2n) is 4.06. The number of carbonyl (C=O) groups is 2. The van der Waals surface area contributed by atoms with Gasteiger partial charge >= 0.3 is 0 Å². The highest BCUT2D eigenvalue weighted by Crippen LogP contribution is 2.01. The summed E-state index contributed by atoms with van der Waals surface area (Å²) in [7, 11) is 0. The molecule has 1 aliphatic rings. The summed E-state index contributed by atoms with van der Waals surface area (Å²) in [6, 6.07) is 0. The molecule has 0 unspecified atom stereocenters. The Bertz CT molecular complexity index is 248. The third kappa shape index (κ3) is 3.81. The number of nitrogens with zero attached hydrogens (tertiary/aromatic N) is 2. The van der Waals surface area contributed by atoms with Crippen LogP contribution in [0.15, 0.2) is 0 Å². The van der Waals surface area contributed by atoms with Gasteiger partial charge in [-0.05, 0) is 13.0 Å². The van der Waals surface area contributed by atoms with Crippen molar-refractivity contribution < 1.29 is 9.59 Å². The third-order valence-corrected chi connectivity index (χ3v) is 2.78. The summed E-state index contributed by atoms with van der Waals surface area (Å²) in [6.45, 7) is 7.57. The fraction of sp³-hybridized carbons (Fsp3) is 0.818. The maximum atomic E-state index is 11.7. The van der Waals surface area contributed by atoms with Crippen molar-refractivity contribution in [2.45, 2.75) is 20.3 Å². The van der Waals surface area contributed by atoms with E-state index >= 15 is 0 Å². The van der Waals surface area contributed by atoms with E-state index in [4.69, 9.17) is 0 Å². The molecule has 0 aromatic carbocycles. The third-order valence-electron chi connectivity index (χ3n) is 2.78. The van der Waals surface area contributed by atoms with Gasteiger partial charge in [-0.15, -0.1) is 0 Å². The second-order valence-corrected chi connectivity index (χ2v) is 4.06. The zero-order chi connectivity index (χ0) is 12.0. The highest BCUT2D eigenvalue weighted by molar-refractivity contribution is 5.79. The van der Waals surface area contributed by atoms with E-state index in [9.17, 15) is 9.59 Å². The molecule has 5 heteroatoms. The van der Waals surface area contributed by atoms with E-state index in [0.29, 0.717) is 32.7 Å². The predicted molar refractivity (Wildman–Crippen MR) is 62.0 cm³/mol. The molecule has 1 N–H and O–H groups in total. The van der Waals surface area contributed by atoms with Crippen molar-refractivity contribution in [2.24, 2.45) is 0 Å². The van der Waals surface area contributed by atoms with Crippen molar-refractivity contribution in [2.75, 3.05) is 39.3 Å². The lowest BCUT2D eigenvalue weighted by atomic mass is 10.3. The molecule has 0 saturated carbocycles. The number of piperazine rings is 1. The number of amides is 2. The quantitative estimate of drug-likeness (QED) is 0.670. The van der Waals surface area contributed by atoms with Crippen LogP contribution in [-0.4, -0.2) is 60.9 Å². The van der Waals surface area contributed by atoms with Crippen LogP contribution in [0, 0.1) is 0 Å². The van der Waals surface area contributed by atoms with Gasteiger partial charge in [0.25, 0.3) is 0 Å². The van der Waals surface area contributed by atoms with Crippen LogP contribution < -0.4 is 5.32 Å². The average Bonchev–Trinajstić information content (AvgIpc) is 2.29. The van der Waals surface area contributed by atoms with Crippen molar-refractivity contribution >= 4 is 11.8 Å². The first-order chi connectivity index (χ1) is 7.65. The van der Waals surface area contributed by atoms with Gasteiger partial charge in [0.05, 0.1) is 6.54 Å². The van der Waals surface area contributed by atoms with Gasteiger partial charge in [0.1, 0.15) is 0 Å². The topological polar surface area (TPSA) is 52.7 Å². The van der Waals surface area contributed by atoms with E-state index < -0.39 is 0 Å². The molecule has 0 aromatic heterocycles. The lowest BCUT2D eigenvalue weighted by molar-refractivity contribution is -0.137. The first-order valence-electron chi connectivity index (χ1n) is 5.89. The lowest BCUT2D eigenvalue weighted by Crippen LogP contribution is -2.51. The fourth-order valence-electron chi connectivity index (χ4n) is 1.75. The monoisotopic (exact) mass is 227 g/mol. The van der Waals surface area contributed by atoms with Gasteiger partial charge in [0, 0.05) is 33.1 Å². The van der Waals surface area contributed by atoms with Crippen molar-refractivity contribution in [3.05, 3.63) is 0 Å². The Kier molecular flexibility index (Phi) is 5.25. The van der Waals surface area contributed by atoms with Crippen molar-refractivity contribution in [3.8, 4) is 0 Å². The zero-order valence-electron chi connectivity index (χ0n) is 10.2. The SMILES string of the molecule is CCCNCC(=O)N1CCN(C(C)=O)CC1. The smallest absolute Gasteiger partial charge is 0.236 e. The van der Waals surface area contributed by atoms with Crippen LogP contribution in [0.2, 0.25) is 0 Å². The van der Waals surface area contributed by atoms with Gasteiger partial charge in [-0.1, -0.05) is 6.92 Å². The minimum Gasteiger partial charge on any atom is -0.339 e. The highest BCUT2D eigenvalue weighted by atomic mass is 16.2. The summed E-state index contributed by atoms with van der Waals surface area (Å²) < 4.78 is 0. The maximum Gasteiger partial charge on any atom is 0.236 e. The van der Waals surface area contributed by atoms with Crippen molar-refractivity contribution in [3.63, 3.8) is 0 Å². The Morgan fingerprint density at radius 2 is 1.69 bits per heavy atom. The normalized spacial score (nSPS) is 16.4. The average molecular weight is 227 g/mol. The van der Waals surface area contributed by atoms with Crippen LogP contribution in [-0.2, 0) is 9.59 Å². The summed E-state index contributed by atoms with van der Waals surface area (Å²) in [5.41, 5.74) is 0. The first kappa shape index (κ1) is 13.0.